The number of cyclic esters (lactones) is 1. The summed E-state index contributed by atoms with van der Waals surface area (Å²) >= 11 is 0. The van der Waals surface area contributed by atoms with Crippen LogP contribution in [0.2, 0.25) is 0 Å². The molecule has 1 N–H and O–H groups in total. The second-order valence-corrected chi connectivity index (χ2v) is 6.00. The Bertz CT molecular complexity index is 281. The third-order valence-electron chi connectivity index (χ3n) is 3.22. The first-order chi connectivity index (χ1) is 7.12. The van der Waals surface area contributed by atoms with Gasteiger partial charge < -0.3 is 9.84 Å². The summed E-state index contributed by atoms with van der Waals surface area (Å²) in [6.07, 6.45) is 2.02. The minimum absolute atomic E-state index is 0.102. The average molecular weight is 226 g/mol. The second kappa shape index (κ2) is 4.21. The first-order valence-electron chi connectivity index (χ1n) is 5.73. The van der Waals surface area contributed by atoms with Gasteiger partial charge in [0.15, 0.2) is 0 Å². The molecular formula is C13H22O3. The van der Waals surface area contributed by atoms with Crippen molar-refractivity contribution in [3.8, 4) is 0 Å². The van der Waals surface area contributed by atoms with Crippen molar-refractivity contribution in [2.75, 3.05) is 0 Å². The van der Waals surface area contributed by atoms with Gasteiger partial charge >= 0.3 is 5.97 Å². The van der Waals surface area contributed by atoms with Gasteiger partial charge in [-0.25, -0.2) is 4.79 Å². The van der Waals surface area contributed by atoms with Crippen molar-refractivity contribution >= 4 is 5.97 Å². The molecule has 3 nitrogen and oxygen atoms in total. The zero-order valence-electron chi connectivity index (χ0n) is 10.7. The van der Waals surface area contributed by atoms with Crippen molar-refractivity contribution in [3.63, 3.8) is 0 Å². The number of esters is 1. The lowest BCUT2D eigenvalue weighted by atomic mass is 9.78. The fourth-order valence-electron chi connectivity index (χ4n) is 1.79. The van der Waals surface area contributed by atoms with E-state index in [2.05, 4.69) is 20.4 Å². The lowest BCUT2D eigenvalue weighted by Crippen LogP contribution is -2.32. The molecule has 1 aliphatic rings. The molecule has 92 valence electrons. The molecule has 1 unspecified atom stereocenters. The first-order valence-corrected chi connectivity index (χ1v) is 5.73. The van der Waals surface area contributed by atoms with E-state index in [0.29, 0.717) is 18.4 Å². The highest BCUT2D eigenvalue weighted by Crippen LogP contribution is 2.38. The van der Waals surface area contributed by atoms with Gasteiger partial charge in [-0.3, -0.25) is 0 Å². The van der Waals surface area contributed by atoms with Gasteiger partial charge in [0.2, 0.25) is 0 Å². The van der Waals surface area contributed by atoms with E-state index in [0.717, 1.165) is 6.42 Å². The summed E-state index contributed by atoms with van der Waals surface area (Å²) in [4.78, 5) is 11.3. The Balaban J connectivity index is 2.58. The topological polar surface area (TPSA) is 46.5 Å². The van der Waals surface area contributed by atoms with E-state index in [9.17, 15) is 9.90 Å². The van der Waals surface area contributed by atoms with Gasteiger partial charge in [0.1, 0.15) is 6.10 Å². The monoisotopic (exact) mass is 226 g/mol. The molecule has 0 bridgehead atoms. The van der Waals surface area contributed by atoms with Crippen LogP contribution in [-0.4, -0.2) is 22.8 Å². The van der Waals surface area contributed by atoms with Gasteiger partial charge in [-0.15, -0.1) is 0 Å². The van der Waals surface area contributed by atoms with Crippen molar-refractivity contribution in [2.45, 2.75) is 58.7 Å². The Morgan fingerprint density at radius 3 is 2.31 bits per heavy atom. The molecule has 16 heavy (non-hydrogen) atoms. The maximum absolute atomic E-state index is 11.3. The fourth-order valence-corrected chi connectivity index (χ4v) is 1.79. The van der Waals surface area contributed by atoms with Gasteiger partial charge in [-0.1, -0.05) is 20.4 Å². The lowest BCUT2D eigenvalue weighted by Gasteiger charge is -2.32. The summed E-state index contributed by atoms with van der Waals surface area (Å²) < 4.78 is 5.28. The summed E-state index contributed by atoms with van der Waals surface area (Å²) in [6.45, 7) is 11.4. The number of carbonyl (C=O) groups excluding carboxylic acids is 1. The first kappa shape index (κ1) is 13.2. The molecule has 0 spiro atoms. The maximum Gasteiger partial charge on any atom is 0.333 e. The molecule has 0 saturated carbocycles. The van der Waals surface area contributed by atoms with E-state index in [-0.39, 0.29) is 17.5 Å². The van der Waals surface area contributed by atoms with Crippen molar-refractivity contribution in [3.05, 3.63) is 12.2 Å². The van der Waals surface area contributed by atoms with Crippen LogP contribution in [0.4, 0.5) is 0 Å². The molecule has 1 rings (SSSR count). The molecule has 0 aliphatic carbocycles. The van der Waals surface area contributed by atoms with Crippen molar-refractivity contribution in [1.82, 2.24) is 0 Å². The second-order valence-electron chi connectivity index (χ2n) is 6.00. The predicted molar refractivity (Wildman–Crippen MR) is 62.9 cm³/mol. The Morgan fingerprint density at radius 2 is 1.94 bits per heavy atom. The van der Waals surface area contributed by atoms with Crippen LogP contribution in [0.25, 0.3) is 0 Å². The van der Waals surface area contributed by atoms with E-state index in [1.165, 1.54) is 0 Å². The summed E-state index contributed by atoms with van der Waals surface area (Å²) in [5.74, 6) is -0.277. The fraction of sp³-hybridized carbons (Fsp3) is 0.769. The lowest BCUT2D eigenvalue weighted by molar-refractivity contribution is -0.143. The molecule has 1 atom stereocenters. The number of hydrogen-bond donors (Lipinski definition) is 1. The van der Waals surface area contributed by atoms with Crippen LogP contribution in [0.3, 0.4) is 0 Å². The van der Waals surface area contributed by atoms with E-state index >= 15 is 0 Å². The molecule has 1 heterocycles. The molecule has 1 saturated heterocycles. The highest BCUT2D eigenvalue weighted by atomic mass is 16.6. The Morgan fingerprint density at radius 1 is 1.38 bits per heavy atom. The van der Waals surface area contributed by atoms with Crippen LogP contribution in [0, 0.1) is 5.41 Å². The highest BCUT2D eigenvalue weighted by Gasteiger charge is 2.39. The van der Waals surface area contributed by atoms with Gasteiger partial charge in [-0.2, -0.15) is 0 Å². The average Bonchev–Trinajstić information content (AvgIpc) is 2.44. The number of carbonyl (C=O) groups is 1. The number of aliphatic hydroxyl groups is 1. The molecule has 0 aromatic heterocycles. The van der Waals surface area contributed by atoms with Gasteiger partial charge in [0, 0.05) is 17.4 Å². The van der Waals surface area contributed by atoms with Crippen LogP contribution < -0.4 is 0 Å². The molecule has 1 aliphatic heterocycles. The maximum atomic E-state index is 11.3. The van der Waals surface area contributed by atoms with Crippen LogP contribution in [0.15, 0.2) is 12.2 Å². The van der Waals surface area contributed by atoms with Crippen molar-refractivity contribution < 1.29 is 14.6 Å². The van der Waals surface area contributed by atoms with Crippen molar-refractivity contribution in [1.29, 1.82) is 0 Å². The van der Waals surface area contributed by atoms with Crippen LogP contribution >= 0.6 is 0 Å². The van der Waals surface area contributed by atoms with E-state index in [1.54, 1.807) is 13.8 Å². The molecular weight excluding hydrogens is 204 g/mol. The zero-order valence-corrected chi connectivity index (χ0v) is 10.7. The van der Waals surface area contributed by atoms with Crippen LogP contribution in [-0.2, 0) is 9.53 Å². The predicted octanol–water partition coefficient (Wildman–Crippen LogP) is 2.44. The Labute approximate surface area is 97.5 Å². The Hall–Kier alpha value is -0.830. The summed E-state index contributed by atoms with van der Waals surface area (Å²) in [6, 6.07) is 0. The minimum Gasteiger partial charge on any atom is -0.458 e. The standard InChI is InChI=1S/C13H22O3/c1-9-8-10(16-11(9)14)12(2,3)6-7-13(4,5)15/h10,15H,1,6-8H2,2-5H3. The van der Waals surface area contributed by atoms with Gasteiger partial charge in [-0.05, 0) is 26.7 Å². The Kier molecular flexibility index (Phi) is 3.48. The summed E-state index contributed by atoms with van der Waals surface area (Å²) in [5.41, 5.74) is -0.229. The molecule has 1 fully saturated rings. The number of hydrogen-bond acceptors (Lipinski definition) is 3. The van der Waals surface area contributed by atoms with Gasteiger partial charge in [0.25, 0.3) is 0 Å². The zero-order chi connectivity index (χ0) is 12.6. The molecule has 0 aromatic rings. The highest BCUT2D eigenvalue weighted by molar-refractivity contribution is 5.90. The molecule has 0 aromatic carbocycles. The normalized spacial score (nSPS) is 22.4. The third kappa shape index (κ3) is 3.34. The third-order valence-corrected chi connectivity index (χ3v) is 3.22. The smallest absolute Gasteiger partial charge is 0.333 e. The largest absolute Gasteiger partial charge is 0.458 e. The van der Waals surface area contributed by atoms with Crippen molar-refractivity contribution in [2.24, 2.45) is 5.41 Å². The van der Waals surface area contributed by atoms with E-state index in [1.807, 2.05) is 0 Å². The summed E-state index contributed by atoms with van der Waals surface area (Å²) in [5, 5.41) is 9.70. The minimum atomic E-state index is -0.670. The van der Waals surface area contributed by atoms with Gasteiger partial charge in [0.05, 0.1) is 5.60 Å². The molecule has 3 heteroatoms. The van der Waals surface area contributed by atoms with E-state index in [4.69, 9.17) is 4.74 Å². The molecule has 0 amide bonds. The number of ether oxygens (including phenoxy) is 1. The molecule has 0 radical (unpaired) electrons. The van der Waals surface area contributed by atoms with E-state index < -0.39 is 5.60 Å². The van der Waals surface area contributed by atoms with Crippen LogP contribution in [0.5, 0.6) is 0 Å². The quantitative estimate of drug-likeness (QED) is 0.591. The number of rotatable bonds is 4. The summed E-state index contributed by atoms with van der Waals surface area (Å²) in [7, 11) is 0. The SMILES string of the molecule is C=C1CC(C(C)(C)CCC(C)(C)O)OC1=O. The van der Waals surface area contributed by atoms with Crippen LogP contribution in [0.1, 0.15) is 47.0 Å².